The van der Waals surface area contributed by atoms with E-state index < -0.39 is 4.33 Å². The van der Waals surface area contributed by atoms with Crippen LogP contribution in [0.25, 0.3) is 0 Å². The highest BCUT2D eigenvalue weighted by Gasteiger charge is 2.53. The average Bonchev–Trinajstić information content (AvgIpc) is 2.52. The molecule has 1 fully saturated rings. The van der Waals surface area contributed by atoms with Crippen molar-refractivity contribution < 1.29 is 9.53 Å². The summed E-state index contributed by atoms with van der Waals surface area (Å²) in [6.07, 6.45) is 0.360. The Hall–Kier alpha value is -1.51. The highest BCUT2D eigenvalue weighted by atomic mass is 35.5. The summed E-state index contributed by atoms with van der Waals surface area (Å²) in [5, 5.41) is 0. The topological polar surface area (TPSA) is 26.3 Å². The van der Waals surface area contributed by atoms with Gasteiger partial charge in [-0.3, -0.25) is 4.79 Å². The van der Waals surface area contributed by atoms with Crippen LogP contribution in [-0.2, 0) is 11.4 Å². The zero-order valence-corrected chi connectivity index (χ0v) is 12.8. The summed E-state index contributed by atoms with van der Waals surface area (Å²) in [4.78, 5) is 11.5. The van der Waals surface area contributed by atoms with Crippen LogP contribution in [0.5, 0.6) is 5.75 Å². The van der Waals surface area contributed by atoms with Gasteiger partial charge in [0.15, 0.2) is 10.1 Å². The van der Waals surface area contributed by atoms with Crippen molar-refractivity contribution in [1.82, 2.24) is 0 Å². The van der Waals surface area contributed by atoms with Gasteiger partial charge in [0, 0.05) is 17.9 Å². The Morgan fingerprint density at radius 1 is 1.05 bits per heavy atom. The first-order valence-electron chi connectivity index (χ1n) is 6.76. The van der Waals surface area contributed by atoms with E-state index in [9.17, 15) is 4.79 Å². The van der Waals surface area contributed by atoms with Crippen molar-refractivity contribution >= 4 is 29.0 Å². The predicted octanol–water partition coefficient (Wildman–Crippen LogP) is 4.50. The maximum absolute atomic E-state index is 11.5. The van der Waals surface area contributed by atoms with Crippen LogP contribution in [0.3, 0.4) is 0 Å². The van der Waals surface area contributed by atoms with E-state index in [1.54, 1.807) is 0 Å². The van der Waals surface area contributed by atoms with Gasteiger partial charge >= 0.3 is 0 Å². The van der Waals surface area contributed by atoms with Gasteiger partial charge in [-0.05, 0) is 11.6 Å². The highest BCUT2D eigenvalue weighted by molar-refractivity contribution is 6.61. The van der Waals surface area contributed by atoms with Crippen molar-refractivity contribution in [1.29, 1.82) is 0 Å². The molecule has 1 saturated carbocycles. The van der Waals surface area contributed by atoms with E-state index in [-0.39, 0.29) is 11.7 Å². The van der Waals surface area contributed by atoms with Gasteiger partial charge in [-0.2, -0.15) is 0 Å². The first-order chi connectivity index (χ1) is 10.1. The Morgan fingerprint density at radius 2 is 1.71 bits per heavy atom. The quantitative estimate of drug-likeness (QED) is 0.775. The summed E-state index contributed by atoms with van der Waals surface area (Å²) >= 11 is 12.2. The molecule has 0 heterocycles. The SMILES string of the molecule is O=C1CC(c2ccccc2OCc2ccccc2)C1(Cl)Cl. The molecule has 4 heteroatoms. The number of benzene rings is 2. The van der Waals surface area contributed by atoms with Crippen molar-refractivity contribution in [3.05, 3.63) is 65.7 Å². The number of carbonyl (C=O) groups excluding carboxylic acids is 1. The van der Waals surface area contributed by atoms with Crippen molar-refractivity contribution in [2.75, 3.05) is 0 Å². The van der Waals surface area contributed by atoms with Crippen LogP contribution in [0.1, 0.15) is 23.5 Å². The largest absolute Gasteiger partial charge is 0.489 e. The molecule has 2 aromatic rings. The summed E-state index contributed by atoms with van der Waals surface area (Å²) in [5.74, 6) is 0.388. The molecule has 0 N–H and O–H groups in total. The van der Waals surface area contributed by atoms with E-state index in [0.29, 0.717) is 13.0 Å². The second-order valence-electron chi connectivity index (χ2n) is 5.11. The van der Waals surface area contributed by atoms with E-state index in [1.165, 1.54) is 0 Å². The van der Waals surface area contributed by atoms with Gasteiger partial charge in [0.05, 0.1) is 0 Å². The number of para-hydroxylation sites is 1. The number of alkyl halides is 2. The second kappa shape index (κ2) is 5.70. The van der Waals surface area contributed by atoms with Crippen molar-refractivity contribution in [3.8, 4) is 5.75 Å². The van der Waals surface area contributed by atoms with Gasteiger partial charge in [-0.15, -0.1) is 0 Å². The zero-order valence-electron chi connectivity index (χ0n) is 11.3. The van der Waals surface area contributed by atoms with Crippen LogP contribution < -0.4 is 4.74 Å². The molecule has 2 aromatic carbocycles. The van der Waals surface area contributed by atoms with E-state index in [2.05, 4.69) is 0 Å². The van der Waals surface area contributed by atoms with E-state index in [1.807, 2.05) is 54.6 Å². The Morgan fingerprint density at radius 3 is 2.38 bits per heavy atom. The smallest absolute Gasteiger partial charge is 0.183 e. The lowest BCUT2D eigenvalue weighted by Crippen LogP contribution is -2.45. The summed E-state index contributed by atoms with van der Waals surface area (Å²) in [6, 6.07) is 17.5. The van der Waals surface area contributed by atoms with E-state index >= 15 is 0 Å². The molecule has 0 radical (unpaired) electrons. The fraction of sp³-hybridized carbons (Fsp3) is 0.235. The van der Waals surface area contributed by atoms with Crippen LogP contribution in [-0.4, -0.2) is 10.1 Å². The highest BCUT2D eigenvalue weighted by Crippen LogP contribution is 2.52. The zero-order chi connectivity index (χ0) is 14.9. The molecule has 1 aliphatic carbocycles. The Bertz CT molecular complexity index is 653. The standard InChI is InChI=1S/C17H14Cl2O2/c18-17(19)14(10-16(17)20)13-8-4-5-9-15(13)21-11-12-6-2-1-3-7-12/h1-9,14H,10-11H2. The third-order valence-corrected chi connectivity index (χ3v) is 4.68. The summed E-state index contributed by atoms with van der Waals surface area (Å²) in [6.45, 7) is 0.468. The minimum absolute atomic E-state index is 0.131. The minimum Gasteiger partial charge on any atom is -0.489 e. The molecule has 108 valence electrons. The van der Waals surface area contributed by atoms with Crippen LogP contribution in [0.4, 0.5) is 0 Å². The number of ketones is 1. The van der Waals surface area contributed by atoms with Crippen molar-refractivity contribution in [2.45, 2.75) is 23.3 Å². The molecule has 0 amide bonds. The Balaban J connectivity index is 1.79. The van der Waals surface area contributed by atoms with Crippen LogP contribution in [0.15, 0.2) is 54.6 Å². The van der Waals surface area contributed by atoms with Gasteiger partial charge in [0.1, 0.15) is 12.4 Å². The van der Waals surface area contributed by atoms with Crippen molar-refractivity contribution in [2.24, 2.45) is 0 Å². The molecular formula is C17H14Cl2O2. The lowest BCUT2D eigenvalue weighted by molar-refractivity contribution is -0.125. The van der Waals surface area contributed by atoms with E-state index in [0.717, 1.165) is 16.9 Å². The van der Waals surface area contributed by atoms with Gasteiger partial charge < -0.3 is 4.74 Å². The number of carbonyl (C=O) groups is 1. The average molecular weight is 321 g/mol. The summed E-state index contributed by atoms with van der Waals surface area (Å²) in [7, 11) is 0. The normalized spacial score (nSPS) is 19.9. The fourth-order valence-electron chi connectivity index (χ4n) is 2.45. The minimum atomic E-state index is -1.33. The van der Waals surface area contributed by atoms with Crippen LogP contribution >= 0.6 is 23.2 Å². The predicted molar refractivity (Wildman–Crippen MR) is 84.0 cm³/mol. The van der Waals surface area contributed by atoms with Gasteiger partial charge in [0.2, 0.25) is 0 Å². The molecular weight excluding hydrogens is 307 g/mol. The van der Waals surface area contributed by atoms with Crippen molar-refractivity contribution in [3.63, 3.8) is 0 Å². The molecule has 21 heavy (non-hydrogen) atoms. The van der Waals surface area contributed by atoms with Gasteiger partial charge in [-0.25, -0.2) is 0 Å². The molecule has 2 nitrogen and oxygen atoms in total. The maximum atomic E-state index is 11.5. The molecule has 3 rings (SSSR count). The number of halogens is 2. The Labute approximate surface area is 133 Å². The number of hydrogen-bond acceptors (Lipinski definition) is 2. The molecule has 0 bridgehead atoms. The van der Waals surface area contributed by atoms with Crippen LogP contribution in [0, 0.1) is 0 Å². The molecule has 0 saturated heterocycles. The maximum Gasteiger partial charge on any atom is 0.183 e. The molecule has 0 spiro atoms. The number of rotatable bonds is 4. The van der Waals surface area contributed by atoms with Gasteiger partial charge in [-0.1, -0.05) is 71.7 Å². The lowest BCUT2D eigenvalue weighted by atomic mass is 9.77. The third-order valence-electron chi connectivity index (χ3n) is 3.73. The fourth-order valence-corrected chi connectivity index (χ4v) is 3.00. The first kappa shape index (κ1) is 14.4. The Kier molecular flexibility index (Phi) is 3.92. The third kappa shape index (κ3) is 2.78. The van der Waals surface area contributed by atoms with E-state index in [4.69, 9.17) is 27.9 Å². The summed E-state index contributed by atoms with van der Waals surface area (Å²) < 4.78 is 4.55. The molecule has 0 aliphatic heterocycles. The number of hydrogen-bond donors (Lipinski definition) is 0. The second-order valence-corrected chi connectivity index (χ2v) is 6.50. The molecule has 1 aliphatic rings. The monoisotopic (exact) mass is 320 g/mol. The summed E-state index contributed by atoms with van der Waals surface area (Å²) in [5.41, 5.74) is 1.97. The number of Topliss-reactive ketones (excluding diaryl/α,β-unsaturated/α-hetero) is 1. The lowest BCUT2D eigenvalue weighted by Gasteiger charge is -2.38. The van der Waals surface area contributed by atoms with Gasteiger partial charge in [0.25, 0.3) is 0 Å². The first-order valence-corrected chi connectivity index (χ1v) is 7.51. The van der Waals surface area contributed by atoms with Crippen LogP contribution in [0.2, 0.25) is 0 Å². The molecule has 0 aromatic heterocycles. The molecule has 1 unspecified atom stereocenters. The number of ether oxygens (including phenoxy) is 1. The molecule has 1 atom stereocenters.